The summed E-state index contributed by atoms with van der Waals surface area (Å²) in [5, 5.41) is 11.6. The standard InChI is InChI=1S/C19H22FN5/c20-18-4-2-16(3-5-18)19-17(12-21-23-19)14-24-10-6-15(7-11-24)13-25-9-1-8-22-25/h1-5,8-9,12,15H,6-7,10-11,13-14H2,(H,21,23). The Morgan fingerprint density at radius 3 is 2.68 bits per heavy atom. The number of aromatic nitrogens is 4. The average molecular weight is 339 g/mol. The highest BCUT2D eigenvalue weighted by atomic mass is 19.1. The maximum absolute atomic E-state index is 13.1. The number of hydrogen-bond donors (Lipinski definition) is 1. The first kappa shape index (κ1) is 16.0. The Morgan fingerprint density at radius 2 is 1.96 bits per heavy atom. The quantitative estimate of drug-likeness (QED) is 0.776. The third-order valence-corrected chi connectivity index (χ3v) is 4.96. The SMILES string of the molecule is Fc1ccc(-c2[nH]ncc2CN2CCC(Cn3cccn3)CC2)cc1. The van der Waals surface area contributed by atoms with Crippen LogP contribution < -0.4 is 0 Å². The highest BCUT2D eigenvalue weighted by Crippen LogP contribution is 2.25. The van der Waals surface area contributed by atoms with Crippen molar-refractivity contribution in [2.75, 3.05) is 13.1 Å². The van der Waals surface area contributed by atoms with E-state index in [1.54, 1.807) is 12.1 Å². The van der Waals surface area contributed by atoms with Gasteiger partial charge in [0, 0.05) is 36.6 Å². The lowest BCUT2D eigenvalue weighted by Crippen LogP contribution is -2.34. The second kappa shape index (κ2) is 7.19. The van der Waals surface area contributed by atoms with E-state index in [1.807, 2.05) is 29.3 Å². The van der Waals surface area contributed by atoms with Gasteiger partial charge in [0.15, 0.2) is 0 Å². The molecule has 130 valence electrons. The molecule has 3 heterocycles. The lowest BCUT2D eigenvalue weighted by atomic mass is 9.96. The maximum Gasteiger partial charge on any atom is 0.123 e. The molecule has 5 nitrogen and oxygen atoms in total. The summed E-state index contributed by atoms with van der Waals surface area (Å²) in [5.41, 5.74) is 3.12. The first-order valence-corrected chi connectivity index (χ1v) is 8.76. The summed E-state index contributed by atoms with van der Waals surface area (Å²) in [6, 6.07) is 8.54. The van der Waals surface area contributed by atoms with E-state index in [1.165, 1.54) is 25.0 Å². The highest BCUT2D eigenvalue weighted by molar-refractivity contribution is 5.62. The van der Waals surface area contributed by atoms with Gasteiger partial charge in [0.05, 0.1) is 11.9 Å². The van der Waals surface area contributed by atoms with Gasteiger partial charge in [0.2, 0.25) is 0 Å². The van der Waals surface area contributed by atoms with Gasteiger partial charge in [-0.25, -0.2) is 4.39 Å². The molecular formula is C19H22FN5. The van der Waals surface area contributed by atoms with Crippen molar-refractivity contribution in [2.24, 2.45) is 5.92 Å². The number of piperidine rings is 1. The van der Waals surface area contributed by atoms with Crippen molar-refractivity contribution in [2.45, 2.75) is 25.9 Å². The van der Waals surface area contributed by atoms with Crippen molar-refractivity contribution < 1.29 is 4.39 Å². The smallest absolute Gasteiger partial charge is 0.123 e. The van der Waals surface area contributed by atoms with Gasteiger partial charge in [-0.05, 0) is 62.2 Å². The number of rotatable bonds is 5. The second-order valence-corrected chi connectivity index (χ2v) is 6.72. The molecule has 1 fully saturated rings. The van der Waals surface area contributed by atoms with Crippen molar-refractivity contribution in [1.29, 1.82) is 0 Å². The van der Waals surface area contributed by atoms with Crippen LogP contribution in [0.2, 0.25) is 0 Å². The molecule has 0 unspecified atom stereocenters. The molecule has 1 N–H and O–H groups in total. The normalized spacial score (nSPS) is 16.4. The molecule has 1 aromatic carbocycles. The third kappa shape index (κ3) is 3.79. The minimum absolute atomic E-state index is 0.218. The molecular weight excluding hydrogens is 317 g/mol. The lowest BCUT2D eigenvalue weighted by molar-refractivity contribution is 0.165. The van der Waals surface area contributed by atoms with E-state index < -0.39 is 0 Å². The average Bonchev–Trinajstić information content (AvgIpc) is 3.29. The minimum Gasteiger partial charge on any atom is -0.299 e. The Morgan fingerprint density at radius 1 is 1.16 bits per heavy atom. The zero-order chi connectivity index (χ0) is 17.1. The highest BCUT2D eigenvalue weighted by Gasteiger charge is 2.21. The Kier molecular flexibility index (Phi) is 4.61. The number of aromatic amines is 1. The molecule has 0 spiro atoms. The lowest BCUT2D eigenvalue weighted by Gasteiger charge is -2.31. The van der Waals surface area contributed by atoms with E-state index in [4.69, 9.17) is 0 Å². The summed E-state index contributed by atoms with van der Waals surface area (Å²) < 4.78 is 15.2. The number of nitrogens with zero attached hydrogens (tertiary/aromatic N) is 4. The molecule has 1 saturated heterocycles. The Labute approximate surface area is 146 Å². The van der Waals surface area contributed by atoms with Crippen LogP contribution >= 0.6 is 0 Å². The van der Waals surface area contributed by atoms with E-state index in [0.29, 0.717) is 5.92 Å². The van der Waals surface area contributed by atoms with Crippen LogP contribution in [0.15, 0.2) is 48.9 Å². The van der Waals surface area contributed by atoms with Crippen molar-refractivity contribution in [3.8, 4) is 11.3 Å². The van der Waals surface area contributed by atoms with Crippen molar-refractivity contribution in [1.82, 2.24) is 24.9 Å². The predicted molar refractivity (Wildman–Crippen MR) is 94.2 cm³/mol. The number of likely N-dealkylation sites (tertiary alicyclic amines) is 1. The van der Waals surface area contributed by atoms with E-state index in [0.717, 1.165) is 43.0 Å². The van der Waals surface area contributed by atoms with Crippen LogP contribution in [0, 0.1) is 11.7 Å². The molecule has 1 aliphatic heterocycles. The minimum atomic E-state index is -0.218. The second-order valence-electron chi connectivity index (χ2n) is 6.72. The van der Waals surface area contributed by atoms with E-state index >= 15 is 0 Å². The van der Waals surface area contributed by atoms with E-state index in [-0.39, 0.29) is 5.82 Å². The van der Waals surface area contributed by atoms with E-state index in [9.17, 15) is 4.39 Å². The van der Waals surface area contributed by atoms with Gasteiger partial charge in [-0.15, -0.1) is 0 Å². The van der Waals surface area contributed by atoms with E-state index in [2.05, 4.69) is 20.2 Å². The Balaban J connectivity index is 1.36. The predicted octanol–water partition coefficient (Wildman–Crippen LogP) is 3.32. The van der Waals surface area contributed by atoms with Gasteiger partial charge in [-0.1, -0.05) is 0 Å². The molecule has 3 aromatic rings. The van der Waals surface area contributed by atoms with Crippen LogP contribution in [0.3, 0.4) is 0 Å². The molecule has 0 saturated carbocycles. The topological polar surface area (TPSA) is 49.7 Å². The van der Waals surface area contributed by atoms with Gasteiger partial charge in [-0.2, -0.15) is 10.2 Å². The molecule has 0 amide bonds. The zero-order valence-electron chi connectivity index (χ0n) is 14.1. The van der Waals surface area contributed by atoms with Crippen LogP contribution in [-0.4, -0.2) is 38.0 Å². The van der Waals surface area contributed by atoms with Crippen LogP contribution in [0.5, 0.6) is 0 Å². The number of nitrogens with one attached hydrogen (secondary N) is 1. The van der Waals surface area contributed by atoms with Crippen LogP contribution in [0.4, 0.5) is 4.39 Å². The van der Waals surface area contributed by atoms with Crippen molar-refractivity contribution in [3.05, 3.63) is 60.3 Å². The van der Waals surface area contributed by atoms with Crippen molar-refractivity contribution in [3.63, 3.8) is 0 Å². The summed E-state index contributed by atoms with van der Waals surface area (Å²) >= 11 is 0. The number of hydrogen-bond acceptors (Lipinski definition) is 3. The summed E-state index contributed by atoms with van der Waals surface area (Å²) in [6.07, 6.45) is 8.12. The fourth-order valence-electron chi connectivity index (χ4n) is 3.54. The molecule has 4 rings (SSSR count). The molecule has 0 bridgehead atoms. The van der Waals surface area contributed by atoms with Gasteiger partial charge in [0.25, 0.3) is 0 Å². The molecule has 1 aliphatic rings. The largest absolute Gasteiger partial charge is 0.299 e. The Hall–Kier alpha value is -2.47. The monoisotopic (exact) mass is 339 g/mol. The maximum atomic E-state index is 13.1. The van der Waals surface area contributed by atoms with Crippen LogP contribution in [0.25, 0.3) is 11.3 Å². The molecule has 0 radical (unpaired) electrons. The zero-order valence-corrected chi connectivity index (χ0v) is 14.1. The summed E-state index contributed by atoms with van der Waals surface area (Å²) in [7, 11) is 0. The number of benzene rings is 1. The van der Waals surface area contributed by atoms with Gasteiger partial charge in [0.1, 0.15) is 5.82 Å². The summed E-state index contributed by atoms with van der Waals surface area (Å²) in [6.45, 7) is 4.05. The third-order valence-electron chi connectivity index (χ3n) is 4.96. The molecule has 0 atom stereocenters. The van der Waals surface area contributed by atoms with Gasteiger partial charge >= 0.3 is 0 Å². The summed E-state index contributed by atoms with van der Waals surface area (Å²) in [4.78, 5) is 2.47. The molecule has 2 aromatic heterocycles. The fourth-order valence-corrected chi connectivity index (χ4v) is 3.54. The fraction of sp³-hybridized carbons (Fsp3) is 0.368. The molecule has 25 heavy (non-hydrogen) atoms. The number of halogens is 1. The van der Waals surface area contributed by atoms with Crippen LogP contribution in [0.1, 0.15) is 18.4 Å². The number of H-pyrrole nitrogens is 1. The first-order chi connectivity index (χ1) is 12.3. The molecule has 6 heteroatoms. The molecule has 0 aliphatic carbocycles. The first-order valence-electron chi connectivity index (χ1n) is 8.76. The Bertz CT molecular complexity index is 786. The van der Waals surface area contributed by atoms with Crippen molar-refractivity contribution >= 4 is 0 Å². The van der Waals surface area contributed by atoms with Gasteiger partial charge < -0.3 is 0 Å². The summed E-state index contributed by atoms with van der Waals surface area (Å²) in [5.74, 6) is 0.473. The van der Waals surface area contributed by atoms with Crippen LogP contribution in [-0.2, 0) is 13.1 Å². The van der Waals surface area contributed by atoms with Gasteiger partial charge in [-0.3, -0.25) is 14.7 Å².